The van der Waals surface area contributed by atoms with E-state index in [1.807, 2.05) is 0 Å². The number of rotatable bonds is 6. The van der Waals surface area contributed by atoms with Gasteiger partial charge in [-0.15, -0.1) is 0 Å². The highest BCUT2D eigenvalue weighted by Crippen LogP contribution is 2.28. The van der Waals surface area contributed by atoms with Gasteiger partial charge in [0.25, 0.3) is 11.7 Å². The van der Waals surface area contributed by atoms with Crippen LogP contribution in [0, 0.1) is 0 Å². The van der Waals surface area contributed by atoms with Crippen molar-refractivity contribution in [3.05, 3.63) is 59.1 Å². The number of amides is 1. The third-order valence-corrected chi connectivity index (χ3v) is 3.79. The van der Waals surface area contributed by atoms with E-state index < -0.39 is 24.2 Å². The number of anilines is 1. The summed E-state index contributed by atoms with van der Waals surface area (Å²) >= 11 is 6.04. The van der Waals surface area contributed by atoms with Crippen LogP contribution >= 0.6 is 23.4 Å². The molecule has 24 heavy (non-hydrogen) atoms. The maximum absolute atomic E-state index is 12.5. The molecule has 1 amide bonds. The lowest BCUT2D eigenvalue weighted by Crippen LogP contribution is -2.21. The van der Waals surface area contributed by atoms with Crippen LogP contribution in [0.2, 0.25) is 5.02 Å². The fourth-order valence-electron chi connectivity index (χ4n) is 1.81. The van der Waals surface area contributed by atoms with Gasteiger partial charge >= 0.3 is 5.97 Å². The van der Waals surface area contributed by atoms with E-state index in [1.54, 1.807) is 18.2 Å². The molecule has 0 aliphatic carbocycles. The molecule has 0 heterocycles. The van der Waals surface area contributed by atoms with Gasteiger partial charge < -0.3 is 10.1 Å². The minimum Gasteiger partial charge on any atom is -0.452 e. The summed E-state index contributed by atoms with van der Waals surface area (Å²) in [4.78, 5) is 23.8. The molecule has 4 nitrogen and oxygen atoms in total. The van der Waals surface area contributed by atoms with Gasteiger partial charge in [-0.2, -0.15) is 8.78 Å². The molecule has 2 rings (SSSR count). The van der Waals surface area contributed by atoms with Crippen molar-refractivity contribution in [2.24, 2.45) is 0 Å². The Morgan fingerprint density at radius 2 is 1.92 bits per heavy atom. The molecule has 0 radical (unpaired) electrons. The molecule has 0 aliphatic rings. The second-order valence-electron chi connectivity index (χ2n) is 4.51. The Labute approximate surface area is 146 Å². The molecule has 0 aliphatic heterocycles. The van der Waals surface area contributed by atoms with Crippen molar-refractivity contribution in [2.45, 2.75) is 10.7 Å². The molecule has 8 heteroatoms. The van der Waals surface area contributed by atoms with Crippen molar-refractivity contribution in [1.82, 2.24) is 0 Å². The summed E-state index contributed by atoms with van der Waals surface area (Å²) in [5.74, 6) is -4.07. The highest BCUT2D eigenvalue weighted by molar-refractivity contribution is 7.99. The summed E-state index contributed by atoms with van der Waals surface area (Å²) in [5.41, 5.74) is 0.440. The monoisotopic (exact) mass is 371 g/mol. The van der Waals surface area contributed by atoms with Crippen LogP contribution in [0.1, 0.15) is 10.4 Å². The van der Waals surface area contributed by atoms with Gasteiger partial charge in [-0.3, -0.25) is 4.79 Å². The van der Waals surface area contributed by atoms with Crippen molar-refractivity contribution in [2.75, 3.05) is 11.9 Å². The maximum Gasteiger partial charge on any atom is 0.339 e. The normalized spacial score (nSPS) is 10.5. The molecule has 0 fully saturated rings. The van der Waals surface area contributed by atoms with Gasteiger partial charge in [0.15, 0.2) is 6.61 Å². The molecule has 0 atom stereocenters. The SMILES string of the molecule is O=C(COC(=O)c1ccccc1SC(F)F)Nc1cccc(Cl)c1. The first-order chi connectivity index (χ1) is 11.5. The highest BCUT2D eigenvalue weighted by atomic mass is 35.5. The Bertz CT molecular complexity index is 743. The zero-order valence-corrected chi connectivity index (χ0v) is 13.7. The van der Waals surface area contributed by atoms with Crippen LogP contribution in [-0.4, -0.2) is 24.2 Å². The lowest BCUT2D eigenvalue weighted by atomic mass is 10.2. The fourth-order valence-corrected chi connectivity index (χ4v) is 2.62. The number of ether oxygens (including phenoxy) is 1. The minimum atomic E-state index is -2.66. The van der Waals surface area contributed by atoms with Gasteiger partial charge in [0.05, 0.1) is 5.56 Å². The molecule has 0 bridgehead atoms. The van der Waals surface area contributed by atoms with Crippen molar-refractivity contribution in [3.8, 4) is 0 Å². The first-order valence-electron chi connectivity index (χ1n) is 6.72. The van der Waals surface area contributed by atoms with Crippen LogP contribution in [0.4, 0.5) is 14.5 Å². The highest BCUT2D eigenvalue weighted by Gasteiger charge is 2.17. The molecular formula is C16H12ClF2NO3S. The zero-order chi connectivity index (χ0) is 17.5. The van der Waals surface area contributed by atoms with Gasteiger partial charge in [-0.05, 0) is 30.3 Å². The molecule has 0 unspecified atom stereocenters. The summed E-state index contributed by atoms with van der Waals surface area (Å²) in [6.45, 7) is -0.543. The van der Waals surface area contributed by atoms with Crippen LogP contribution in [-0.2, 0) is 9.53 Å². The third kappa shape index (κ3) is 5.50. The molecule has 2 aromatic carbocycles. The lowest BCUT2D eigenvalue weighted by molar-refractivity contribution is -0.119. The van der Waals surface area contributed by atoms with Crippen LogP contribution in [0.3, 0.4) is 0 Å². The van der Waals surface area contributed by atoms with E-state index in [0.29, 0.717) is 10.7 Å². The standard InChI is InChI=1S/C16H12ClF2NO3S/c17-10-4-3-5-11(8-10)20-14(21)9-23-15(22)12-6-1-2-7-13(12)24-16(18)19/h1-8,16H,9H2,(H,20,21). The average molecular weight is 372 g/mol. The summed E-state index contributed by atoms with van der Waals surface area (Å²) in [6.07, 6.45) is 0. The summed E-state index contributed by atoms with van der Waals surface area (Å²) in [7, 11) is 0. The summed E-state index contributed by atoms with van der Waals surface area (Å²) < 4.78 is 29.9. The molecule has 0 saturated carbocycles. The number of carbonyl (C=O) groups excluding carboxylic acids is 2. The summed E-state index contributed by atoms with van der Waals surface area (Å²) in [6, 6.07) is 12.3. The molecule has 126 valence electrons. The number of esters is 1. The zero-order valence-electron chi connectivity index (χ0n) is 12.2. The van der Waals surface area contributed by atoms with Crippen LogP contribution < -0.4 is 5.32 Å². The van der Waals surface area contributed by atoms with Crippen LogP contribution in [0.5, 0.6) is 0 Å². The fraction of sp³-hybridized carbons (Fsp3) is 0.125. The van der Waals surface area contributed by atoms with E-state index in [1.165, 1.54) is 30.3 Å². The Morgan fingerprint density at radius 1 is 1.17 bits per heavy atom. The van der Waals surface area contributed by atoms with E-state index in [2.05, 4.69) is 5.32 Å². The van der Waals surface area contributed by atoms with Crippen molar-refractivity contribution < 1.29 is 23.1 Å². The Morgan fingerprint density at radius 3 is 2.62 bits per heavy atom. The number of benzene rings is 2. The smallest absolute Gasteiger partial charge is 0.339 e. The van der Waals surface area contributed by atoms with Crippen molar-refractivity contribution in [3.63, 3.8) is 0 Å². The van der Waals surface area contributed by atoms with E-state index in [0.717, 1.165) is 0 Å². The second-order valence-corrected chi connectivity index (χ2v) is 5.98. The Kier molecular flexibility index (Phi) is 6.57. The van der Waals surface area contributed by atoms with Gasteiger partial charge in [-0.1, -0.05) is 41.6 Å². The number of nitrogens with one attached hydrogen (secondary N) is 1. The predicted molar refractivity (Wildman–Crippen MR) is 88.7 cm³/mol. The predicted octanol–water partition coefficient (Wildman–Crippen LogP) is 4.45. The minimum absolute atomic E-state index is 0.0154. The van der Waals surface area contributed by atoms with Gasteiger partial charge in [0, 0.05) is 15.6 Å². The topological polar surface area (TPSA) is 55.4 Å². The van der Waals surface area contributed by atoms with Gasteiger partial charge in [-0.25, -0.2) is 4.79 Å². The lowest BCUT2D eigenvalue weighted by Gasteiger charge is -2.09. The molecule has 0 saturated heterocycles. The number of hydrogen-bond donors (Lipinski definition) is 1. The quantitative estimate of drug-likeness (QED) is 0.602. The number of hydrogen-bond acceptors (Lipinski definition) is 4. The molecule has 0 spiro atoms. The number of thioether (sulfide) groups is 1. The van der Waals surface area contributed by atoms with Gasteiger partial charge in [0.1, 0.15) is 0 Å². The maximum atomic E-state index is 12.5. The van der Waals surface area contributed by atoms with Crippen molar-refractivity contribution >= 4 is 40.9 Å². The summed E-state index contributed by atoms with van der Waals surface area (Å²) in [5, 5.41) is 2.96. The average Bonchev–Trinajstić information content (AvgIpc) is 2.52. The molecule has 2 aromatic rings. The first-order valence-corrected chi connectivity index (χ1v) is 7.98. The van der Waals surface area contributed by atoms with Crippen LogP contribution in [0.15, 0.2) is 53.4 Å². The third-order valence-electron chi connectivity index (χ3n) is 2.77. The first kappa shape index (κ1) is 18.2. The van der Waals surface area contributed by atoms with E-state index >= 15 is 0 Å². The number of halogens is 3. The Hall–Kier alpha value is -2.12. The second kappa shape index (κ2) is 8.65. The Balaban J connectivity index is 1.94. The molecular weight excluding hydrogens is 360 g/mol. The van der Waals surface area contributed by atoms with E-state index in [9.17, 15) is 18.4 Å². The number of alkyl halides is 2. The van der Waals surface area contributed by atoms with Crippen LogP contribution in [0.25, 0.3) is 0 Å². The van der Waals surface area contributed by atoms with E-state index in [4.69, 9.17) is 16.3 Å². The number of carbonyl (C=O) groups is 2. The van der Waals surface area contributed by atoms with E-state index in [-0.39, 0.29) is 22.2 Å². The van der Waals surface area contributed by atoms with Crippen molar-refractivity contribution in [1.29, 1.82) is 0 Å². The molecule has 0 aromatic heterocycles. The largest absolute Gasteiger partial charge is 0.452 e. The van der Waals surface area contributed by atoms with Gasteiger partial charge in [0.2, 0.25) is 0 Å². The molecule has 1 N–H and O–H groups in total.